The maximum absolute atomic E-state index is 12.7. The van der Waals surface area contributed by atoms with Crippen molar-refractivity contribution in [3.8, 4) is 0 Å². The van der Waals surface area contributed by atoms with Crippen LogP contribution in [0.4, 0.5) is 13.2 Å². The van der Waals surface area contributed by atoms with Crippen LogP contribution in [0.25, 0.3) is 0 Å². The molecule has 0 spiro atoms. The first-order chi connectivity index (χ1) is 11.3. The summed E-state index contributed by atoms with van der Waals surface area (Å²) in [6, 6.07) is 4.55. The molecule has 0 heterocycles. The number of rotatable bonds is 8. The number of ether oxygens (including phenoxy) is 2. The summed E-state index contributed by atoms with van der Waals surface area (Å²) < 4.78 is 47.8. The Hall–Kier alpha value is -2.09. The molecule has 0 saturated carbocycles. The second-order valence-electron chi connectivity index (χ2n) is 4.99. The van der Waals surface area contributed by atoms with Crippen molar-refractivity contribution in [1.29, 1.82) is 0 Å². The van der Waals surface area contributed by atoms with Gasteiger partial charge in [-0.2, -0.15) is 13.2 Å². The highest BCUT2D eigenvalue weighted by atomic mass is 19.4. The molecule has 8 heteroatoms. The van der Waals surface area contributed by atoms with Crippen LogP contribution >= 0.6 is 0 Å². The van der Waals surface area contributed by atoms with Gasteiger partial charge in [-0.1, -0.05) is 18.2 Å². The zero-order chi connectivity index (χ0) is 18.2. The van der Waals surface area contributed by atoms with Crippen molar-refractivity contribution in [1.82, 2.24) is 4.90 Å². The van der Waals surface area contributed by atoms with E-state index in [4.69, 9.17) is 9.47 Å². The normalized spacial score (nSPS) is 11.2. The molecule has 24 heavy (non-hydrogen) atoms. The predicted molar refractivity (Wildman–Crippen MR) is 80.2 cm³/mol. The van der Waals surface area contributed by atoms with Gasteiger partial charge in [-0.3, -0.25) is 9.59 Å². The van der Waals surface area contributed by atoms with Gasteiger partial charge in [0.15, 0.2) is 0 Å². The van der Waals surface area contributed by atoms with Crippen LogP contribution in [0.5, 0.6) is 0 Å². The maximum Gasteiger partial charge on any atom is 0.416 e. The largest absolute Gasteiger partial charge is 0.465 e. The number of hydrogen-bond donors (Lipinski definition) is 0. The molecule has 1 rings (SSSR count). The Balaban J connectivity index is 2.81. The number of nitrogens with zero attached hydrogens (tertiary/aromatic N) is 1. The van der Waals surface area contributed by atoms with Crippen LogP contribution in [0.3, 0.4) is 0 Å². The molecule has 0 aromatic heterocycles. The third-order valence-corrected chi connectivity index (χ3v) is 3.15. The quantitative estimate of drug-likeness (QED) is 0.677. The molecule has 0 unspecified atom stereocenters. The molecule has 134 valence electrons. The molecule has 0 radical (unpaired) electrons. The van der Waals surface area contributed by atoms with E-state index in [-0.39, 0.29) is 38.3 Å². The SMILES string of the molecule is CCOC(=O)CN(CCOC)C(=O)Cc1cccc(C(F)(F)F)c1. The Bertz CT molecular complexity index is 560. The van der Waals surface area contributed by atoms with Gasteiger partial charge in [0, 0.05) is 13.7 Å². The van der Waals surface area contributed by atoms with E-state index in [1.807, 2.05) is 0 Å². The fourth-order valence-electron chi connectivity index (χ4n) is 2.00. The topological polar surface area (TPSA) is 55.8 Å². The Kier molecular flexibility index (Phi) is 7.70. The Morgan fingerprint density at radius 2 is 1.96 bits per heavy atom. The Morgan fingerprint density at radius 3 is 2.54 bits per heavy atom. The second-order valence-corrected chi connectivity index (χ2v) is 4.99. The van der Waals surface area contributed by atoms with Gasteiger partial charge in [0.05, 0.1) is 25.2 Å². The molecule has 1 aromatic rings. The van der Waals surface area contributed by atoms with Crippen LogP contribution in [0, 0.1) is 0 Å². The lowest BCUT2D eigenvalue weighted by atomic mass is 10.1. The highest BCUT2D eigenvalue weighted by Gasteiger charge is 2.30. The minimum atomic E-state index is -4.47. The Labute approximate surface area is 138 Å². The molecule has 1 aromatic carbocycles. The smallest absolute Gasteiger partial charge is 0.416 e. The first kappa shape index (κ1) is 20.0. The van der Waals surface area contributed by atoms with Crippen LogP contribution in [0.15, 0.2) is 24.3 Å². The molecule has 0 aliphatic rings. The average Bonchev–Trinajstić information content (AvgIpc) is 2.51. The summed E-state index contributed by atoms with van der Waals surface area (Å²) in [5, 5.41) is 0. The molecule has 0 aliphatic heterocycles. The van der Waals surface area contributed by atoms with E-state index >= 15 is 0 Å². The van der Waals surface area contributed by atoms with Crippen LogP contribution in [0.2, 0.25) is 0 Å². The maximum atomic E-state index is 12.7. The standard InChI is InChI=1S/C16H20F3NO4/c1-3-24-15(22)11-20(7-8-23-2)14(21)10-12-5-4-6-13(9-12)16(17,18)19/h4-6,9H,3,7-8,10-11H2,1-2H3. The van der Waals surface area contributed by atoms with Crippen LogP contribution < -0.4 is 0 Å². The number of benzene rings is 1. The van der Waals surface area contributed by atoms with E-state index in [1.165, 1.54) is 24.1 Å². The number of esters is 1. The van der Waals surface area contributed by atoms with E-state index in [1.54, 1.807) is 6.92 Å². The number of carbonyl (C=O) groups is 2. The van der Waals surface area contributed by atoms with Crippen molar-refractivity contribution < 1.29 is 32.2 Å². The Morgan fingerprint density at radius 1 is 1.25 bits per heavy atom. The number of carbonyl (C=O) groups excluding carboxylic acids is 2. The number of amides is 1. The average molecular weight is 347 g/mol. The van der Waals surface area contributed by atoms with Gasteiger partial charge in [-0.15, -0.1) is 0 Å². The van der Waals surface area contributed by atoms with Gasteiger partial charge < -0.3 is 14.4 Å². The lowest BCUT2D eigenvalue weighted by Gasteiger charge is -2.21. The number of hydrogen-bond acceptors (Lipinski definition) is 4. The number of halogens is 3. The van der Waals surface area contributed by atoms with Gasteiger partial charge in [-0.25, -0.2) is 0 Å². The second kappa shape index (κ2) is 9.27. The predicted octanol–water partition coefficient (Wildman–Crippen LogP) is 2.29. The summed E-state index contributed by atoms with van der Waals surface area (Å²) in [6.45, 7) is 1.90. The molecule has 1 amide bonds. The minimum absolute atomic E-state index is 0.146. The van der Waals surface area contributed by atoms with Crippen molar-refractivity contribution in [2.45, 2.75) is 19.5 Å². The molecule has 0 atom stereocenters. The zero-order valence-electron chi connectivity index (χ0n) is 13.6. The zero-order valence-corrected chi connectivity index (χ0v) is 13.6. The number of alkyl halides is 3. The summed E-state index contributed by atoms with van der Waals surface area (Å²) in [5.41, 5.74) is -0.595. The van der Waals surface area contributed by atoms with E-state index in [0.717, 1.165) is 12.1 Å². The molecule has 0 bridgehead atoms. The van der Waals surface area contributed by atoms with Crippen LogP contribution in [-0.2, 0) is 31.7 Å². The molecule has 5 nitrogen and oxygen atoms in total. The summed E-state index contributed by atoms with van der Waals surface area (Å²) in [7, 11) is 1.44. The first-order valence-electron chi connectivity index (χ1n) is 7.36. The number of methoxy groups -OCH3 is 1. The molecule has 0 saturated heterocycles. The molecule has 0 aliphatic carbocycles. The summed E-state index contributed by atoms with van der Waals surface area (Å²) in [5.74, 6) is -1.05. The van der Waals surface area contributed by atoms with Crippen molar-refractivity contribution in [2.75, 3.05) is 33.4 Å². The van der Waals surface area contributed by atoms with E-state index in [0.29, 0.717) is 0 Å². The lowest BCUT2D eigenvalue weighted by Crippen LogP contribution is -2.39. The van der Waals surface area contributed by atoms with Crippen molar-refractivity contribution in [2.24, 2.45) is 0 Å². The first-order valence-corrected chi connectivity index (χ1v) is 7.36. The molecular formula is C16H20F3NO4. The van der Waals surface area contributed by atoms with Gasteiger partial charge in [-0.05, 0) is 18.6 Å². The molecular weight excluding hydrogens is 327 g/mol. The monoisotopic (exact) mass is 347 g/mol. The third-order valence-electron chi connectivity index (χ3n) is 3.15. The fraction of sp³-hybridized carbons (Fsp3) is 0.500. The van der Waals surface area contributed by atoms with Gasteiger partial charge in [0.2, 0.25) is 5.91 Å². The van der Waals surface area contributed by atoms with Crippen molar-refractivity contribution in [3.05, 3.63) is 35.4 Å². The minimum Gasteiger partial charge on any atom is -0.465 e. The molecule has 0 N–H and O–H groups in total. The van der Waals surface area contributed by atoms with Gasteiger partial charge >= 0.3 is 12.1 Å². The summed E-state index contributed by atoms with van der Waals surface area (Å²) >= 11 is 0. The fourth-order valence-corrected chi connectivity index (χ4v) is 2.00. The highest BCUT2D eigenvalue weighted by molar-refractivity contribution is 5.83. The van der Waals surface area contributed by atoms with Gasteiger partial charge in [0.1, 0.15) is 6.54 Å². The van der Waals surface area contributed by atoms with E-state index in [2.05, 4.69) is 0 Å². The van der Waals surface area contributed by atoms with Crippen LogP contribution in [0.1, 0.15) is 18.1 Å². The summed E-state index contributed by atoms with van der Waals surface area (Å²) in [4.78, 5) is 25.1. The highest BCUT2D eigenvalue weighted by Crippen LogP contribution is 2.29. The third kappa shape index (κ3) is 6.57. The van der Waals surface area contributed by atoms with Crippen molar-refractivity contribution in [3.63, 3.8) is 0 Å². The van der Waals surface area contributed by atoms with Crippen molar-refractivity contribution >= 4 is 11.9 Å². The van der Waals surface area contributed by atoms with E-state index < -0.39 is 23.6 Å². The van der Waals surface area contributed by atoms with Crippen LogP contribution in [-0.4, -0.2) is 50.2 Å². The van der Waals surface area contributed by atoms with Gasteiger partial charge in [0.25, 0.3) is 0 Å². The summed E-state index contributed by atoms with van der Waals surface area (Å²) in [6.07, 6.45) is -4.72. The molecule has 0 fully saturated rings. The van der Waals surface area contributed by atoms with E-state index in [9.17, 15) is 22.8 Å². The lowest BCUT2D eigenvalue weighted by molar-refractivity contribution is -0.149.